The van der Waals surface area contributed by atoms with Gasteiger partial charge in [0.1, 0.15) is 0 Å². The van der Waals surface area contributed by atoms with E-state index in [-0.39, 0.29) is 11.6 Å². The van der Waals surface area contributed by atoms with Crippen molar-refractivity contribution in [3.63, 3.8) is 0 Å². The zero-order valence-electron chi connectivity index (χ0n) is 14.1. The van der Waals surface area contributed by atoms with Gasteiger partial charge in [-0.2, -0.15) is 18.3 Å². The molecule has 1 aliphatic heterocycles. The third-order valence-electron chi connectivity index (χ3n) is 3.99. The van der Waals surface area contributed by atoms with Crippen molar-refractivity contribution in [3.05, 3.63) is 17.5 Å². The Morgan fingerprint density at radius 3 is 2.35 bits per heavy atom. The summed E-state index contributed by atoms with van der Waals surface area (Å²) in [6, 6.07) is -0.139. The molecule has 1 aromatic heterocycles. The Hall–Kier alpha value is -1.57. The average molecular weight is 332 g/mol. The maximum absolute atomic E-state index is 13.5. The van der Waals surface area contributed by atoms with E-state index in [9.17, 15) is 18.0 Å². The molecule has 0 aromatic carbocycles. The number of halogens is 3. The Bertz CT molecular complexity index is 589. The first-order valence-corrected chi connectivity index (χ1v) is 7.58. The van der Waals surface area contributed by atoms with Crippen LogP contribution in [0.15, 0.2) is 6.20 Å². The standard InChI is InChI=1S/C15H23F3N4O/c1-10-9-20(5)6-7-21(10)13(23)11-8-19-22(14(2,3)4)12(11)15(16,17)18/h8,10H,6-7,9H2,1-5H3/t10-/m0/s1. The lowest BCUT2D eigenvalue weighted by atomic mass is 10.1. The van der Waals surface area contributed by atoms with Crippen molar-refractivity contribution in [2.24, 2.45) is 0 Å². The van der Waals surface area contributed by atoms with E-state index in [4.69, 9.17) is 0 Å². The van der Waals surface area contributed by atoms with Crippen molar-refractivity contribution in [3.8, 4) is 0 Å². The monoisotopic (exact) mass is 332 g/mol. The number of aromatic nitrogens is 2. The topological polar surface area (TPSA) is 41.4 Å². The van der Waals surface area contributed by atoms with Crippen molar-refractivity contribution in [1.29, 1.82) is 0 Å². The molecule has 0 aliphatic carbocycles. The maximum Gasteiger partial charge on any atom is 0.433 e. The van der Waals surface area contributed by atoms with Gasteiger partial charge in [0.25, 0.3) is 5.91 Å². The molecule has 0 spiro atoms. The smallest absolute Gasteiger partial charge is 0.333 e. The zero-order chi connectivity index (χ0) is 17.6. The van der Waals surface area contributed by atoms with Crippen molar-refractivity contribution >= 4 is 5.91 Å². The third-order valence-corrected chi connectivity index (χ3v) is 3.99. The molecule has 1 amide bonds. The molecule has 0 saturated carbocycles. The van der Waals surface area contributed by atoms with Gasteiger partial charge >= 0.3 is 6.18 Å². The van der Waals surface area contributed by atoms with Gasteiger partial charge in [-0.15, -0.1) is 0 Å². The molecule has 0 bridgehead atoms. The fraction of sp³-hybridized carbons (Fsp3) is 0.733. The van der Waals surface area contributed by atoms with Crippen LogP contribution in [0.3, 0.4) is 0 Å². The normalized spacial score (nSPS) is 20.9. The van der Waals surface area contributed by atoms with Crippen LogP contribution in [0.1, 0.15) is 43.7 Å². The van der Waals surface area contributed by atoms with E-state index in [1.807, 2.05) is 14.0 Å². The van der Waals surface area contributed by atoms with Crippen molar-refractivity contribution < 1.29 is 18.0 Å². The van der Waals surface area contributed by atoms with Crippen LogP contribution in [-0.4, -0.2) is 58.2 Å². The summed E-state index contributed by atoms with van der Waals surface area (Å²) in [6.07, 6.45) is -3.59. The first-order chi connectivity index (χ1) is 10.4. The van der Waals surface area contributed by atoms with Crippen LogP contribution in [0.2, 0.25) is 0 Å². The first-order valence-electron chi connectivity index (χ1n) is 7.58. The third kappa shape index (κ3) is 3.52. The van der Waals surface area contributed by atoms with E-state index in [1.54, 1.807) is 20.8 Å². The van der Waals surface area contributed by atoms with Crippen LogP contribution in [0.5, 0.6) is 0 Å². The number of carbonyl (C=O) groups excluding carboxylic acids is 1. The predicted octanol–water partition coefficient (Wildman–Crippen LogP) is 2.43. The lowest BCUT2D eigenvalue weighted by Crippen LogP contribution is -2.53. The number of nitrogens with zero attached hydrogens (tertiary/aromatic N) is 4. The highest BCUT2D eigenvalue weighted by molar-refractivity contribution is 5.95. The molecular formula is C15H23F3N4O. The molecule has 0 radical (unpaired) electrons. The van der Waals surface area contributed by atoms with Crippen molar-refractivity contribution in [2.45, 2.75) is 45.5 Å². The van der Waals surface area contributed by atoms with Gasteiger partial charge in [-0.05, 0) is 34.7 Å². The van der Waals surface area contributed by atoms with Gasteiger partial charge in [-0.25, -0.2) is 0 Å². The molecule has 1 aromatic rings. The Balaban J connectivity index is 2.44. The molecule has 1 saturated heterocycles. The van der Waals surface area contributed by atoms with Gasteiger partial charge in [-0.3, -0.25) is 9.48 Å². The summed E-state index contributed by atoms with van der Waals surface area (Å²) < 4.78 is 41.4. The Labute approximate surface area is 134 Å². The minimum absolute atomic E-state index is 0.139. The number of piperazine rings is 1. The quantitative estimate of drug-likeness (QED) is 0.793. The summed E-state index contributed by atoms with van der Waals surface area (Å²) in [5, 5.41) is 3.85. The molecule has 8 heteroatoms. The van der Waals surface area contributed by atoms with Gasteiger partial charge < -0.3 is 9.80 Å². The number of rotatable bonds is 1. The van der Waals surface area contributed by atoms with Crippen LogP contribution in [0, 0.1) is 0 Å². The average Bonchev–Trinajstić information content (AvgIpc) is 2.82. The summed E-state index contributed by atoms with van der Waals surface area (Å²) in [6.45, 7) is 8.42. The highest BCUT2D eigenvalue weighted by atomic mass is 19.4. The summed E-state index contributed by atoms with van der Waals surface area (Å²) in [4.78, 5) is 16.2. The summed E-state index contributed by atoms with van der Waals surface area (Å²) in [5.41, 5.74) is -2.21. The molecule has 5 nitrogen and oxygen atoms in total. The van der Waals surface area contributed by atoms with Gasteiger partial charge in [0, 0.05) is 25.7 Å². The van der Waals surface area contributed by atoms with Crippen molar-refractivity contribution in [2.75, 3.05) is 26.7 Å². The van der Waals surface area contributed by atoms with Gasteiger partial charge in [0.15, 0.2) is 5.69 Å². The van der Waals surface area contributed by atoms with Crippen LogP contribution >= 0.6 is 0 Å². The zero-order valence-corrected chi connectivity index (χ0v) is 14.1. The van der Waals surface area contributed by atoms with Crippen LogP contribution in [0.25, 0.3) is 0 Å². The predicted molar refractivity (Wildman–Crippen MR) is 80.2 cm³/mol. The van der Waals surface area contributed by atoms with E-state index in [0.29, 0.717) is 19.6 Å². The highest BCUT2D eigenvalue weighted by Crippen LogP contribution is 2.35. The van der Waals surface area contributed by atoms with Crippen LogP contribution in [0.4, 0.5) is 13.2 Å². The Morgan fingerprint density at radius 1 is 1.26 bits per heavy atom. The van der Waals surface area contributed by atoms with Crippen LogP contribution < -0.4 is 0 Å². The highest BCUT2D eigenvalue weighted by Gasteiger charge is 2.43. The molecule has 1 fully saturated rings. The summed E-state index contributed by atoms with van der Waals surface area (Å²) >= 11 is 0. The largest absolute Gasteiger partial charge is 0.433 e. The van der Waals surface area contributed by atoms with Crippen LogP contribution in [-0.2, 0) is 11.7 Å². The van der Waals surface area contributed by atoms with E-state index in [0.717, 1.165) is 10.9 Å². The number of alkyl halides is 3. The van der Waals surface area contributed by atoms with E-state index >= 15 is 0 Å². The summed E-state index contributed by atoms with van der Waals surface area (Å²) in [7, 11) is 1.93. The molecule has 2 rings (SSSR count). The van der Waals surface area contributed by atoms with Crippen molar-refractivity contribution in [1.82, 2.24) is 19.6 Å². The molecular weight excluding hydrogens is 309 g/mol. The number of amides is 1. The molecule has 1 atom stereocenters. The Kier molecular flexibility index (Phi) is 4.49. The Morgan fingerprint density at radius 2 is 1.87 bits per heavy atom. The fourth-order valence-electron chi connectivity index (χ4n) is 2.88. The number of hydrogen-bond acceptors (Lipinski definition) is 3. The van der Waals surface area contributed by atoms with Gasteiger partial charge in [0.2, 0.25) is 0 Å². The number of hydrogen-bond donors (Lipinski definition) is 0. The lowest BCUT2D eigenvalue weighted by molar-refractivity contribution is -0.146. The second-order valence-electron chi connectivity index (χ2n) is 7.10. The molecule has 2 heterocycles. The molecule has 0 N–H and O–H groups in total. The number of carbonyl (C=O) groups is 1. The second kappa shape index (κ2) is 5.81. The first kappa shape index (κ1) is 17.8. The lowest BCUT2D eigenvalue weighted by Gasteiger charge is -2.38. The molecule has 0 unspecified atom stereocenters. The van der Waals surface area contributed by atoms with E-state index < -0.39 is 23.3 Å². The second-order valence-corrected chi connectivity index (χ2v) is 7.10. The van der Waals surface area contributed by atoms with E-state index in [1.165, 1.54) is 4.90 Å². The molecule has 23 heavy (non-hydrogen) atoms. The van der Waals surface area contributed by atoms with E-state index in [2.05, 4.69) is 10.00 Å². The van der Waals surface area contributed by atoms with Gasteiger partial charge in [-0.1, -0.05) is 0 Å². The fourth-order valence-corrected chi connectivity index (χ4v) is 2.88. The maximum atomic E-state index is 13.5. The number of likely N-dealkylation sites (N-methyl/N-ethyl adjacent to an activating group) is 1. The SMILES string of the molecule is C[C@H]1CN(C)CCN1C(=O)c1cnn(C(C)(C)C)c1C(F)(F)F. The minimum atomic E-state index is -4.63. The summed E-state index contributed by atoms with van der Waals surface area (Å²) in [5.74, 6) is -0.603. The molecule has 1 aliphatic rings. The molecule has 130 valence electrons. The van der Waals surface area contributed by atoms with Gasteiger partial charge in [0.05, 0.1) is 17.3 Å². The minimum Gasteiger partial charge on any atom is -0.333 e.